The Morgan fingerprint density at radius 1 is 1.08 bits per heavy atom. The smallest absolute Gasteiger partial charge is 0.181 e. The quantitative estimate of drug-likeness (QED) is 0.281. The lowest BCUT2D eigenvalue weighted by atomic mass is 10.0. The molecule has 0 spiro atoms. The summed E-state index contributed by atoms with van der Waals surface area (Å²) in [6.45, 7) is 0.439. The van der Waals surface area contributed by atoms with E-state index in [0.717, 1.165) is 27.7 Å². The van der Waals surface area contributed by atoms with Crippen molar-refractivity contribution in [1.29, 1.82) is 0 Å². The maximum Gasteiger partial charge on any atom is 0.181 e. The molecular weight excluding hydrogens is 304 g/mol. The third-order valence-corrected chi connectivity index (χ3v) is 4.11. The molecule has 24 heavy (non-hydrogen) atoms. The van der Waals surface area contributed by atoms with Crippen LogP contribution < -0.4 is 16.6 Å². The van der Waals surface area contributed by atoms with E-state index in [1.165, 1.54) is 6.33 Å². The third kappa shape index (κ3) is 1.68. The van der Waals surface area contributed by atoms with Crippen molar-refractivity contribution in [3.05, 3.63) is 42.1 Å². The average molecular weight is 316 g/mol. The van der Waals surface area contributed by atoms with E-state index in [-0.39, 0.29) is 0 Å². The number of fused-ring (bicyclic) bond motifs is 7. The zero-order valence-corrected chi connectivity index (χ0v) is 12.5. The Hall–Kier alpha value is -3.39. The molecule has 0 saturated carbocycles. The van der Waals surface area contributed by atoms with Gasteiger partial charge in [0, 0.05) is 22.8 Å². The number of nitrogens with two attached hydrogens (primary N) is 2. The van der Waals surface area contributed by atoms with Gasteiger partial charge in [0.1, 0.15) is 17.4 Å². The minimum atomic E-state index is 0.439. The van der Waals surface area contributed by atoms with Crippen molar-refractivity contribution in [3.63, 3.8) is 0 Å². The SMILES string of the molecule is NC1=Cc2c(c3ncccc3c3nc4ncncc4nc23)N(N)C1. The molecule has 4 N–H and O–H groups in total. The van der Waals surface area contributed by atoms with Crippen LogP contribution in [0.2, 0.25) is 0 Å². The van der Waals surface area contributed by atoms with Crippen molar-refractivity contribution in [1.82, 2.24) is 24.9 Å². The van der Waals surface area contributed by atoms with Crippen molar-refractivity contribution in [2.24, 2.45) is 11.6 Å². The molecule has 1 aromatic carbocycles. The van der Waals surface area contributed by atoms with Crippen LogP contribution in [0, 0.1) is 0 Å². The molecule has 0 bridgehead atoms. The molecule has 0 atom stereocenters. The normalized spacial score (nSPS) is 14.2. The first-order valence-corrected chi connectivity index (χ1v) is 7.39. The number of aromatic nitrogens is 5. The van der Waals surface area contributed by atoms with E-state index >= 15 is 0 Å². The minimum Gasteiger partial charge on any atom is -0.401 e. The number of hydrazine groups is 1. The summed E-state index contributed by atoms with van der Waals surface area (Å²) in [6.07, 6.45) is 6.73. The van der Waals surface area contributed by atoms with Gasteiger partial charge in [-0.1, -0.05) is 0 Å². The second-order valence-corrected chi connectivity index (χ2v) is 5.66. The first-order valence-electron chi connectivity index (χ1n) is 7.39. The predicted molar refractivity (Wildman–Crippen MR) is 91.6 cm³/mol. The van der Waals surface area contributed by atoms with E-state index in [1.807, 2.05) is 18.2 Å². The van der Waals surface area contributed by atoms with Crippen LogP contribution in [0.4, 0.5) is 5.69 Å². The van der Waals surface area contributed by atoms with Crippen LogP contribution in [0.15, 0.2) is 36.6 Å². The molecule has 3 aromatic heterocycles. The monoisotopic (exact) mass is 316 g/mol. The summed E-state index contributed by atoms with van der Waals surface area (Å²) in [5, 5.41) is 2.48. The Labute approximate surface area is 135 Å². The molecule has 8 heteroatoms. The van der Waals surface area contributed by atoms with Gasteiger partial charge in [-0.25, -0.2) is 25.8 Å². The highest BCUT2D eigenvalue weighted by Gasteiger charge is 2.23. The van der Waals surface area contributed by atoms with Crippen molar-refractivity contribution >= 4 is 44.9 Å². The summed E-state index contributed by atoms with van der Waals surface area (Å²) in [6, 6.07) is 3.83. The summed E-state index contributed by atoms with van der Waals surface area (Å²) in [5.41, 5.74) is 11.7. The maximum atomic E-state index is 6.21. The molecule has 116 valence electrons. The largest absolute Gasteiger partial charge is 0.401 e. The van der Waals surface area contributed by atoms with E-state index in [2.05, 4.69) is 19.9 Å². The molecule has 5 rings (SSSR count). The Morgan fingerprint density at radius 2 is 2.00 bits per heavy atom. The van der Waals surface area contributed by atoms with Gasteiger partial charge in [0.05, 0.1) is 29.5 Å². The summed E-state index contributed by atoms with van der Waals surface area (Å²) < 4.78 is 0. The Morgan fingerprint density at radius 3 is 2.92 bits per heavy atom. The van der Waals surface area contributed by atoms with E-state index in [9.17, 15) is 0 Å². The predicted octanol–water partition coefficient (Wildman–Crippen LogP) is 1.11. The maximum absolute atomic E-state index is 6.21. The average Bonchev–Trinajstić information content (AvgIpc) is 2.60. The first kappa shape index (κ1) is 13.1. The molecule has 0 aliphatic carbocycles. The van der Waals surface area contributed by atoms with Crippen LogP contribution >= 0.6 is 0 Å². The van der Waals surface area contributed by atoms with E-state index in [1.54, 1.807) is 17.4 Å². The highest BCUT2D eigenvalue weighted by atomic mass is 15.4. The Bertz CT molecular complexity index is 1170. The molecular formula is C16H12N8. The van der Waals surface area contributed by atoms with Crippen LogP contribution in [0.3, 0.4) is 0 Å². The number of anilines is 1. The Balaban J connectivity index is 2.08. The molecule has 0 fully saturated rings. The molecule has 4 heterocycles. The lowest BCUT2D eigenvalue weighted by Gasteiger charge is -2.27. The van der Waals surface area contributed by atoms with Gasteiger partial charge < -0.3 is 10.7 Å². The third-order valence-electron chi connectivity index (χ3n) is 4.11. The molecule has 0 amide bonds. The van der Waals surface area contributed by atoms with E-state index in [0.29, 0.717) is 28.9 Å². The molecule has 0 saturated heterocycles. The fourth-order valence-corrected chi connectivity index (χ4v) is 3.15. The van der Waals surface area contributed by atoms with Crippen LogP contribution in [-0.4, -0.2) is 31.5 Å². The van der Waals surface area contributed by atoms with Crippen LogP contribution in [0.25, 0.3) is 39.2 Å². The Kier molecular flexibility index (Phi) is 2.48. The van der Waals surface area contributed by atoms with Gasteiger partial charge in [-0.15, -0.1) is 0 Å². The summed E-state index contributed by atoms with van der Waals surface area (Å²) in [4.78, 5) is 22.1. The van der Waals surface area contributed by atoms with Crippen LogP contribution in [0.1, 0.15) is 5.56 Å². The van der Waals surface area contributed by atoms with Crippen LogP contribution in [0.5, 0.6) is 0 Å². The highest BCUT2D eigenvalue weighted by molar-refractivity contribution is 6.14. The lowest BCUT2D eigenvalue weighted by molar-refractivity contribution is 0.893. The van der Waals surface area contributed by atoms with Gasteiger partial charge in [0.15, 0.2) is 5.65 Å². The van der Waals surface area contributed by atoms with Gasteiger partial charge in [-0.2, -0.15) is 0 Å². The molecule has 4 aromatic rings. The number of nitrogens with zero attached hydrogens (tertiary/aromatic N) is 6. The molecule has 0 unspecified atom stereocenters. The summed E-state index contributed by atoms with van der Waals surface area (Å²) in [5.74, 6) is 6.21. The standard InChI is InChI=1S/C16H12N8/c17-8-4-10-13-12(23-16-11(22-13)5-19-7-21-16)9-2-1-3-20-14(9)15(10)24(18)6-8/h1-5,7H,6,17-18H2. The number of pyridine rings is 1. The number of hydrogen-bond donors (Lipinski definition) is 2. The van der Waals surface area contributed by atoms with Gasteiger partial charge >= 0.3 is 0 Å². The number of rotatable bonds is 0. The van der Waals surface area contributed by atoms with Gasteiger partial charge in [0.25, 0.3) is 0 Å². The molecule has 1 aliphatic rings. The fraction of sp³-hybridized carbons (Fsp3) is 0.0625. The van der Waals surface area contributed by atoms with Gasteiger partial charge in [-0.05, 0) is 18.2 Å². The zero-order valence-electron chi connectivity index (χ0n) is 12.5. The van der Waals surface area contributed by atoms with Crippen molar-refractivity contribution in [2.45, 2.75) is 0 Å². The second kappa shape index (κ2) is 4.56. The van der Waals surface area contributed by atoms with Gasteiger partial charge in [0.2, 0.25) is 0 Å². The highest BCUT2D eigenvalue weighted by Crippen LogP contribution is 2.38. The van der Waals surface area contributed by atoms with Crippen molar-refractivity contribution < 1.29 is 0 Å². The van der Waals surface area contributed by atoms with Crippen molar-refractivity contribution in [3.8, 4) is 0 Å². The van der Waals surface area contributed by atoms with Gasteiger partial charge in [-0.3, -0.25) is 4.98 Å². The summed E-state index contributed by atoms with van der Waals surface area (Å²) >= 11 is 0. The van der Waals surface area contributed by atoms with Crippen molar-refractivity contribution in [2.75, 3.05) is 11.6 Å². The topological polar surface area (TPSA) is 120 Å². The first-order chi connectivity index (χ1) is 11.7. The van der Waals surface area contributed by atoms with Crippen LogP contribution in [-0.2, 0) is 0 Å². The molecule has 1 aliphatic heterocycles. The lowest BCUT2D eigenvalue weighted by Crippen LogP contribution is -2.37. The van der Waals surface area contributed by atoms with E-state index in [4.69, 9.17) is 16.6 Å². The fourth-order valence-electron chi connectivity index (χ4n) is 3.15. The molecule has 8 nitrogen and oxygen atoms in total. The number of benzene rings is 1. The number of hydrogen-bond acceptors (Lipinski definition) is 8. The minimum absolute atomic E-state index is 0.439. The summed E-state index contributed by atoms with van der Waals surface area (Å²) in [7, 11) is 0. The van der Waals surface area contributed by atoms with E-state index < -0.39 is 0 Å². The zero-order chi connectivity index (χ0) is 16.3. The second-order valence-electron chi connectivity index (χ2n) is 5.66. The molecule has 0 radical (unpaired) electrons.